The fourth-order valence-electron chi connectivity index (χ4n) is 0.579. The predicted molar refractivity (Wildman–Crippen MR) is 43.8 cm³/mol. The molecule has 0 radical (unpaired) electrons. The summed E-state index contributed by atoms with van der Waals surface area (Å²) >= 11 is 0. The second-order valence-corrected chi connectivity index (χ2v) is 4.83. The van der Waals surface area contributed by atoms with Crippen molar-refractivity contribution in [2.45, 2.75) is 12.8 Å². The number of sulfonamides is 1. The Bertz CT molecular complexity index is 186. The van der Waals surface area contributed by atoms with E-state index in [1.54, 1.807) is 0 Å². The van der Waals surface area contributed by atoms with Crippen LogP contribution in [0.2, 0.25) is 0 Å². The maximum atomic E-state index is 11.0. The van der Waals surface area contributed by atoms with Crippen molar-refractivity contribution in [3.05, 3.63) is 0 Å². The van der Waals surface area contributed by atoms with E-state index >= 15 is 0 Å². The topological polar surface area (TPSA) is 57.6 Å². The van der Waals surface area contributed by atoms with Gasteiger partial charge in [-0.3, -0.25) is 0 Å². The van der Waals surface area contributed by atoms with Crippen LogP contribution in [-0.4, -0.2) is 44.3 Å². The number of aliphatic hydroxyl groups is 1. The van der Waals surface area contributed by atoms with E-state index in [0.29, 0.717) is 12.8 Å². The molecule has 11 heavy (non-hydrogen) atoms. The summed E-state index contributed by atoms with van der Waals surface area (Å²) in [6.45, 7) is 0.0585. The van der Waals surface area contributed by atoms with Gasteiger partial charge in [0.15, 0.2) is 0 Å². The molecule has 0 rings (SSSR count). The standard InChI is InChI=1S/C6H15NO3S/c1-7(2)11(9,10)6-4-3-5-8/h8H,3-6H2,1-2H3. The van der Waals surface area contributed by atoms with Gasteiger partial charge in [0.25, 0.3) is 0 Å². The average Bonchev–Trinajstić information content (AvgIpc) is 1.88. The van der Waals surface area contributed by atoms with Gasteiger partial charge in [-0.25, -0.2) is 12.7 Å². The number of hydrogen-bond donors (Lipinski definition) is 1. The molecule has 0 spiro atoms. The molecule has 0 aromatic rings. The second kappa shape index (κ2) is 4.69. The third-order valence-corrected chi connectivity index (χ3v) is 3.28. The van der Waals surface area contributed by atoms with Crippen molar-refractivity contribution < 1.29 is 13.5 Å². The normalized spacial score (nSPS) is 12.4. The number of aliphatic hydroxyl groups excluding tert-OH is 1. The van der Waals surface area contributed by atoms with Crippen LogP contribution in [0, 0.1) is 0 Å². The fourth-order valence-corrected chi connectivity index (χ4v) is 1.51. The lowest BCUT2D eigenvalue weighted by atomic mass is 10.4. The highest BCUT2D eigenvalue weighted by atomic mass is 32.2. The molecule has 0 atom stereocenters. The highest BCUT2D eigenvalue weighted by molar-refractivity contribution is 7.89. The van der Waals surface area contributed by atoms with Crippen LogP contribution in [0.4, 0.5) is 0 Å². The second-order valence-electron chi connectivity index (χ2n) is 2.53. The van der Waals surface area contributed by atoms with Crippen LogP contribution in [0.15, 0.2) is 0 Å². The van der Waals surface area contributed by atoms with Crippen LogP contribution >= 0.6 is 0 Å². The monoisotopic (exact) mass is 181 g/mol. The first-order valence-corrected chi connectivity index (χ1v) is 5.12. The van der Waals surface area contributed by atoms with Gasteiger partial charge in [-0.1, -0.05) is 0 Å². The minimum Gasteiger partial charge on any atom is -0.396 e. The maximum Gasteiger partial charge on any atom is 0.213 e. The molecule has 0 amide bonds. The highest BCUT2D eigenvalue weighted by Crippen LogP contribution is 1.98. The van der Waals surface area contributed by atoms with E-state index in [1.165, 1.54) is 18.4 Å². The summed E-state index contributed by atoms with van der Waals surface area (Å²) in [6, 6.07) is 0. The van der Waals surface area contributed by atoms with E-state index in [0.717, 1.165) is 0 Å². The number of unbranched alkanes of at least 4 members (excludes halogenated alkanes) is 1. The Balaban J connectivity index is 3.75. The lowest BCUT2D eigenvalue weighted by Crippen LogP contribution is -2.25. The Morgan fingerprint density at radius 1 is 1.27 bits per heavy atom. The fraction of sp³-hybridized carbons (Fsp3) is 1.00. The first kappa shape index (κ1) is 10.9. The third-order valence-electron chi connectivity index (χ3n) is 1.37. The largest absolute Gasteiger partial charge is 0.396 e. The van der Waals surface area contributed by atoms with Crippen molar-refractivity contribution in [2.75, 3.05) is 26.5 Å². The first-order chi connectivity index (χ1) is 5.00. The molecule has 0 bridgehead atoms. The Labute approximate surface area is 67.9 Å². The summed E-state index contributed by atoms with van der Waals surface area (Å²) in [4.78, 5) is 0. The molecule has 0 heterocycles. The summed E-state index contributed by atoms with van der Waals surface area (Å²) in [5.74, 6) is 0.126. The highest BCUT2D eigenvalue weighted by Gasteiger charge is 2.11. The van der Waals surface area contributed by atoms with Gasteiger partial charge in [0, 0.05) is 20.7 Å². The molecule has 0 aliphatic carbocycles. The van der Waals surface area contributed by atoms with Crippen molar-refractivity contribution >= 4 is 10.0 Å². The lowest BCUT2D eigenvalue weighted by Gasteiger charge is -2.09. The van der Waals surface area contributed by atoms with Crippen LogP contribution in [0.3, 0.4) is 0 Å². The van der Waals surface area contributed by atoms with Gasteiger partial charge < -0.3 is 5.11 Å². The predicted octanol–water partition coefficient (Wildman–Crippen LogP) is -0.350. The summed E-state index contributed by atoms with van der Waals surface area (Å²) in [5.41, 5.74) is 0. The molecule has 0 saturated heterocycles. The molecule has 0 aromatic heterocycles. The minimum absolute atomic E-state index is 0.0585. The quantitative estimate of drug-likeness (QED) is 0.590. The number of rotatable bonds is 5. The molecule has 4 nitrogen and oxygen atoms in total. The zero-order valence-corrected chi connectivity index (χ0v) is 7.76. The van der Waals surface area contributed by atoms with E-state index in [2.05, 4.69) is 0 Å². The Morgan fingerprint density at radius 3 is 2.18 bits per heavy atom. The molecule has 0 unspecified atom stereocenters. The van der Waals surface area contributed by atoms with Gasteiger partial charge in [-0.15, -0.1) is 0 Å². The lowest BCUT2D eigenvalue weighted by molar-refractivity contribution is 0.287. The summed E-state index contributed by atoms with van der Waals surface area (Å²) < 4.78 is 23.3. The molecule has 5 heteroatoms. The molecule has 0 aromatic carbocycles. The summed E-state index contributed by atoms with van der Waals surface area (Å²) in [5, 5.41) is 8.39. The molecule has 0 aliphatic rings. The van der Waals surface area contributed by atoms with Crippen molar-refractivity contribution in [1.29, 1.82) is 0 Å². The number of nitrogens with zero attached hydrogens (tertiary/aromatic N) is 1. The van der Waals surface area contributed by atoms with Gasteiger partial charge in [0.1, 0.15) is 0 Å². The molecule has 1 N–H and O–H groups in total. The van der Waals surface area contributed by atoms with Gasteiger partial charge in [0.05, 0.1) is 5.75 Å². The van der Waals surface area contributed by atoms with Crippen LogP contribution in [0.1, 0.15) is 12.8 Å². The smallest absolute Gasteiger partial charge is 0.213 e. The van der Waals surface area contributed by atoms with E-state index in [4.69, 9.17) is 5.11 Å². The Kier molecular flexibility index (Phi) is 4.63. The first-order valence-electron chi connectivity index (χ1n) is 3.52. The van der Waals surface area contributed by atoms with Gasteiger partial charge in [-0.05, 0) is 12.8 Å². The zero-order valence-electron chi connectivity index (χ0n) is 6.95. The molecule has 0 aliphatic heterocycles. The molecule has 0 fully saturated rings. The van der Waals surface area contributed by atoms with E-state index in [1.807, 2.05) is 0 Å². The van der Waals surface area contributed by atoms with Crippen LogP contribution in [0.25, 0.3) is 0 Å². The Morgan fingerprint density at radius 2 is 1.82 bits per heavy atom. The minimum atomic E-state index is -3.05. The molecular formula is C6H15NO3S. The van der Waals surface area contributed by atoms with E-state index in [-0.39, 0.29) is 12.4 Å². The van der Waals surface area contributed by atoms with Gasteiger partial charge >= 0.3 is 0 Å². The van der Waals surface area contributed by atoms with E-state index in [9.17, 15) is 8.42 Å². The van der Waals surface area contributed by atoms with Crippen molar-refractivity contribution in [3.63, 3.8) is 0 Å². The van der Waals surface area contributed by atoms with Gasteiger partial charge in [-0.2, -0.15) is 0 Å². The van der Waals surface area contributed by atoms with Gasteiger partial charge in [0.2, 0.25) is 10.0 Å². The number of hydrogen-bond acceptors (Lipinski definition) is 3. The summed E-state index contributed by atoms with van der Waals surface area (Å²) in [6.07, 6.45) is 1.07. The van der Waals surface area contributed by atoms with Crippen molar-refractivity contribution in [2.24, 2.45) is 0 Å². The van der Waals surface area contributed by atoms with Crippen molar-refractivity contribution in [3.8, 4) is 0 Å². The molecule has 68 valence electrons. The van der Waals surface area contributed by atoms with E-state index < -0.39 is 10.0 Å². The van der Waals surface area contributed by atoms with Crippen LogP contribution in [0.5, 0.6) is 0 Å². The maximum absolute atomic E-state index is 11.0. The SMILES string of the molecule is CN(C)S(=O)(=O)CCCCO. The summed E-state index contributed by atoms with van der Waals surface area (Å²) in [7, 11) is -0.0318. The molecule has 0 saturated carbocycles. The average molecular weight is 181 g/mol. The zero-order chi connectivity index (χ0) is 8.91. The molecular weight excluding hydrogens is 166 g/mol. The van der Waals surface area contributed by atoms with Crippen molar-refractivity contribution in [1.82, 2.24) is 4.31 Å². The third kappa shape index (κ3) is 4.34. The van der Waals surface area contributed by atoms with Crippen LogP contribution < -0.4 is 0 Å². The van der Waals surface area contributed by atoms with Crippen LogP contribution in [-0.2, 0) is 10.0 Å². The Hall–Kier alpha value is -0.130.